The van der Waals surface area contributed by atoms with E-state index in [4.69, 9.17) is 27.9 Å². The number of carbonyl (C=O) groups is 5. The number of hydrogen-bond acceptors (Lipinski definition) is 8. The van der Waals surface area contributed by atoms with E-state index in [0.29, 0.717) is 44.0 Å². The fraction of sp³-hybridized carbons (Fsp3) is 0.543. The lowest BCUT2D eigenvalue weighted by Crippen LogP contribution is -2.64. The molecule has 0 radical (unpaired) electrons. The summed E-state index contributed by atoms with van der Waals surface area (Å²) in [4.78, 5) is 74.3. The van der Waals surface area contributed by atoms with Crippen LogP contribution < -0.4 is 10.6 Å². The highest BCUT2D eigenvalue weighted by Gasteiger charge is 2.48. The molecule has 3 aliphatic heterocycles. The summed E-state index contributed by atoms with van der Waals surface area (Å²) in [7, 11) is 0. The summed E-state index contributed by atoms with van der Waals surface area (Å²) in [6.45, 7) is 8.24. The summed E-state index contributed by atoms with van der Waals surface area (Å²) < 4.78 is 5.48. The second-order valence-electron chi connectivity index (χ2n) is 14.1. The van der Waals surface area contributed by atoms with E-state index in [1.54, 1.807) is 34.1 Å². The minimum atomic E-state index is -1.23. The number of anilines is 1. The second-order valence-corrected chi connectivity index (χ2v) is 14.9. The summed E-state index contributed by atoms with van der Waals surface area (Å²) in [5.41, 5.74) is 0.584. The molecule has 15 heteroatoms. The van der Waals surface area contributed by atoms with Crippen LogP contribution in [-0.2, 0) is 25.5 Å². The van der Waals surface area contributed by atoms with Gasteiger partial charge in [0.15, 0.2) is 0 Å². The second kappa shape index (κ2) is 15.9. The highest BCUT2D eigenvalue weighted by molar-refractivity contribution is 6.40. The Kier molecular flexibility index (Phi) is 11.9. The average molecular weight is 732 g/mol. The maximum atomic E-state index is 13.8. The smallest absolute Gasteiger partial charge is 0.410 e. The van der Waals surface area contributed by atoms with Gasteiger partial charge in [0.05, 0.1) is 15.6 Å². The van der Waals surface area contributed by atoms with Crippen molar-refractivity contribution >= 4 is 58.7 Å². The number of nitrogens with one attached hydrogen (secondary N) is 2. The van der Waals surface area contributed by atoms with Crippen LogP contribution in [0.5, 0.6) is 0 Å². The van der Waals surface area contributed by atoms with Crippen LogP contribution in [0.15, 0.2) is 36.7 Å². The van der Waals surface area contributed by atoms with E-state index in [1.165, 1.54) is 12.4 Å². The van der Waals surface area contributed by atoms with Crippen LogP contribution in [0.25, 0.3) is 0 Å². The molecule has 1 aliphatic carbocycles. The number of hydrogen-bond donors (Lipinski definition) is 3. The molecular weight excluding hydrogens is 687 g/mol. The molecule has 1 saturated carbocycles. The van der Waals surface area contributed by atoms with Crippen molar-refractivity contribution in [2.75, 3.05) is 38.0 Å². The van der Waals surface area contributed by atoms with Crippen LogP contribution in [-0.4, -0.2) is 111 Å². The van der Waals surface area contributed by atoms with E-state index < -0.39 is 35.5 Å². The molecule has 50 heavy (non-hydrogen) atoms. The maximum absolute atomic E-state index is 13.8. The lowest BCUT2D eigenvalue weighted by molar-refractivity contribution is -0.155. The first kappa shape index (κ1) is 37.3. The zero-order valence-corrected chi connectivity index (χ0v) is 30.0. The summed E-state index contributed by atoms with van der Waals surface area (Å²) in [5.74, 6) is -2.33. The molecule has 4 amide bonds. The quantitative estimate of drug-likeness (QED) is 0.321. The number of carbonyl (C=O) groups excluding carboxylic acids is 4. The topological polar surface area (TPSA) is 161 Å². The number of benzene rings is 1. The molecule has 2 atom stereocenters. The summed E-state index contributed by atoms with van der Waals surface area (Å²) in [6, 6.07) is 4.55. The van der Waals surface area contributed by atoms with Crippen LogP contribution in [0.4, 0.5) is 10.5 Å². The first-order valence-corrected chi connectivity index (χ1v) is 17.7. The monoisotopic (exact) mass is 730 g/mol. The van der Waals surface area contributed by atoms with Gasteiger partial charge in [-0.2, -0.15) is 0 Å². The predicted molar refractivity (Wildman–Crippen MR) is 187 cm³/mol. The lowest BCUT2D eigenvalue weighted by Gasteiger charge is -2.51. The van der Waals surface area contributed by atoms with Gasteiger partial charge in [-0.25, -0.2) is 9.59 Å². The van der Waals surface area contributed by atoms with Gasteiger partial charge < -0.3 is 30.3 Å². The average Bonchev–Trinajstić information content (AvgIpc) is 3.07. The molecular formula is C35H44Cl2N6O7. The van der Waals surface area contributed by atoms with Gasteiger partial charge in [0.25, 0.3) is 5.91 Å². The first-order chi connectivity index (χ1) is 23.7. The number of piperidine rings is 2. The lowest BCUT2D eigenvalue weighted by atomic mass is 9.74. The Labute approximate surface area is 301 Å². The van der Waals surface area contributed by atoms with Gasteiger partial charge in [-0.3, -0.25) is 24.3 Å². The number of aliphatic carboxylic acids is 1. The van der Waals surface area contributed by atoms with Gasteiger partial charge in [0.1, 0.15) is 17.7 Å². The number of amides is 4. The van der Waals surface area contributed by atoms with Gasteiger partial charge in [-0.15, -0.1) is 0 Å². The minimum absolute atomic E-state index is 0.00133. The van der Waals surface area contributed by atoms with E-state index in [9.17, 15) is 29.1 Å². The minimum Gasteiger partial charge on any atom is -0.480 e. The molecule has 0 spiro atoms. The number of pyridine rings is 1. The fourth-order valence-electron chi connectivity index (χ4n) is 6.95. The molecule has 270 valence electrons. The Morgan fingerprint density at radius 1 is 0.960 bits per heavy atom. The molecule has 1 aromatic carbocycles. The standard InChI is InChI=1S/C35H44Cl2N6O7/c1-35(2,3)50-34(49)42-16-14-41(15-17-42)13-12-28(44)43-24-10-6-22(7-11-24)30(43)32(46)40-27(33(47)48)18-21-4-8-23(9-5-21)39-31(45)29-25(36)19-38-20-26(29)37/h4-5,8-9,19-20,22,24,27,30H,6-7,10-18H2,1-3H3,(H,39,45)(H,40,46)(H,47,48)/t22?,24?,27-,30?/m0/s1. The van der Waals surface area contributed by atoms with Crippen molar-refractivity contribution in [1.29, 1.82) is 0 Å². The fourth-order valence-corrected chi connectivity index (χ4v) is 7.49. The number of carboxylic acid groups (broad SMARTS) is 1. The highest BCUT2D eigenvalue weighted by atomic mass is 35.5. The molecule has 4 aliphatic rings. The number of fused-ring (bicyclic) bond motifs is 3. The van der Waals surface area contributed by atoms with E-state index in [2.05, 4.69) is 20.5 Å². The van der Waals surface area contributed by atoms with Crippen molar-refractivity contribution in [3.63, 3.8) is 0 Å². The Morgan fingerprint density at radius 3 is 2.16 bits per heavy atom. The number of carboxylic acids is 1. The third-order valence-electron chi connectivity index (χ3n) is 9.45. The van der Waals surface area contributed by atoms with Crippen LogP contribution in [0, 0.1) is 5.92 Å². The molecule has 13 nitrogen and oxygen atoms in total. The summed E-state index contributed by atoms with van der Waals surface area (Å²) in [6.07, 6.45) is 5.77. The molecule has 4 heterocycles. The Balaban J connectivity index is 1.17. The SMILES string of the molecule is CC(C)(C)OC(=O)N1CCN(CCC(=O)N2C3CCC(CC3)C2C(=O)N[C@@H](Cc2ccc(NC(=O)c3c(Cl)cncc3Cl)cc2)C(=O)O)CC1. The number of halogens is 2. The number of nitrogens with zero attached hydrogens (tertiary/aromatic N) is 4. The normalized spacial score (nSPS) is 21.3. The zero-order valence-electron chi connectivity index (χ0n) is 28.5. The van der Waals surface area contributed by atoms with Crippen molar-refractivity contribution in [3.8, 4) is 0 Å². The van der Waals surface area contributed by atoms with Crippen LogP contribution in [0.2, 0.25) is 10.0 Å². The Hall–Kier alpha value is -3.94. The van der Waals surface area contributed by atoms with Crippen molar-refractivity contribution in [2.45, 2.75) is 83.0 Å². The van der Waals surface area contributed by atoms with E-state index >= 15 is 0 Å². The van der Waals surface area contributed by atoms with Crippen LogP contribution in [0.1, 0.15) is 68.8 Å². The molecule has 2 bridgehead atoms. The largest absolute Gasteiger partial charge is 0.480 e. The van der Waals surface area contributed by atoms with Gasteiger partial charge in [-0.1, -0.05) is 35.3 Å². The molecule has 1 aromatic heterocycles. The van der Waals surface area contributed by atoms with E-state index in [1.807, 2.05) is 20.8 Å². The molecule has 3 N–H and O–H groups in total. The molecule has 1 unspecified atom stereocenters. The van der Waals surface area contributed by atoms with E-state index in [0.717, 1.165) is 25.7 Å². The maximum Gasteiger partial charge on any atom is 0.410 e. The number of piperazine rings is 1. The van der Waals surface area contributed by atoms with Gasteiger partial charge in [0, 0.05) is 69.7 Å². The number of rotatable bonds is 10. The van der Waals surface area contributed by atoms with Crippen molar-refractivity contribution in [2.24, 2.45) is 5.92 Å². The zero-order chi connectivity index (χ0) is 36.2. The van der Waals surface area contributed by atoms with Crippen LogP contribution >= 0.6 is 23.2 Å². The molecule has 3 saturated heterocycles. The number of ether oxygens (including phenoxy) is 1. The third-order valence-corrected chi connectivity index (χ3v) is 10.0. The van der Waals surface area contributed by atoms with Gasteiger partial charge in [0.2, 0.25) is 11.8 Å². The van der Waals surface area contributed by atoms with Crippen molar-refractivity contribution in [1.82, 2.24) is 25.0 Å². The summed E-state index contributed by atoms with van der Waals surface area (Å²) in [5, 5.41) is 15.7. The van der Waals surface area contributed by atoms with Crippen molar-refractivity contribution < 1.29 is 33.8 Å². The van der Waals surface area contributed by atoms with Crippen LogP contribution in [0.3, 0.4) is 0 Å². The number of aromatic nitrogens is 1. The Bertz CT molecular complexity index is 1560. The molecule has 2 aromatic rings. The third kappa shape index (κ3) is 9.23. The Morgan fingerprint density at radius 2 is 1.58 bits per heavy atom. The first-order valence-electron chi connectivity index (χ1n) is 16.9. The van der Waals surface area contributed by atoms with Crippen molar-refractivity contribution in [3.05, 3.63) is 57.8 Å². The summed E-state index contributed by atoms with van der Waals surface area (Å²) >= 11 is 12.2. The van der Waals surface area contributed by atoms with Gasteiger partial charge in [-0.05, 0) is 70.1 Å². The highest BCUT2D eigenvalue weighted by Crippen LogP contribution is 2.40. The van der Waals surface area contributed by atoms with Gasteiger partial charge >= 0.3 is 12.1 Å². The predicted octanol–water partition coefficient (Wildman–Crippen LogP) is 4.47. The molecule has 6 rings (SSSR count). The molecule has 4 fully saturated rings. The van der Waals surface area contributed by atoms with E-state index in [-0.39, 0.29) is 52.4 Å².